The first-order chi connectivity index (χ1) is 8.33. The lowest BCUT2D eigenvalue weighted by Gasteiger charge is -1.98. The Labute approximate surface area is 98.5 Å². The van der Waals surface area contributed by atoms with Gasteiger partial charge in [-0.2, -0.15) is 4.98 Å². The van der Waals surface area contributed by atoms with Gasteiger partial charge in [-0.1, -0.05) is 5.16 Å². The van der Waals surface area contributed by atoms with Crippen LogP contribution < -0.4 is 5.32 Å². The van der Waals surface area contributed by atoms with Gasteiger partial charge in [-0.25, -0.2) is 0 Å². The van der Waals surface area contributed by atoms with Crippen molar-refractivity contribution in [2.24, 2.45) is 0 Å². The van der Waals surface area contributed by atoms with Crippen molar-refractivity contribution in [2.75, 3.05) is 13.1 Å². The number of phenolic OH excluding ortho intramolecular Hbond substituents is 1. The predicted molar refractivity (Wildman–Crippen MR) is 61.6 cm³/mol. The maximum absolute atomic E-state index is 9.21. The van der Waals surface area contributed by atoms with Gasteiger partial charge in [0.05, 0.1) is 5.92 Å². The zero-order valence-electron chi connectivity index (χ0n) is 9.26. The molecule has 1 aliphatic heterocycles. The smallest absolute Gasteiger partial charge is 0.231 e. The van der Waals surface area contributed by atoms with Gasteiger partial charge in [-0.15, -0.1) is 0 Å². The van der Waals surface area contributed by atoms with Crippen LogP contribution in [0.5, 0.6) is 5.75 Å². The van der Waals surface area contributed by atoms with E-state index >= 15 is 0 Å². The Hall–Kier alpha value is -1.88. The Balaban J connectivity index is 1.86. The summed E-state index contributed by atoms with van der Waals surface area (Å²) in [5.74, 6) is 1.83. The van der Waals surface area contributed by atoms with Crippen molar-refractivity contribution in [2.45, 2.75) is 12.3 Å². The average Bonchev–Trinajstić information content (AvgIpc) is 3.00. The molecule has 0 amide bonds. The Morgan fingerprint density at radius 2 is 2.12 bits per heavy atom. The highest BCUT2D eigenvalue weighted by atomic mass is 16.5. The summed E-state index contributed by atoms with van der Waals surface area (Å²) in [5.41, 5.74) is 0.851. The van der Waals surface area contributed by atoms with Crippen molar-refractivity contribution in [1.82, 2.24) is 15.5 Å². The minimum absolute atomic E-state index is 0.234. The molecule has 0 radical (unpaired) electrons. The molecule has 1 fully saturated rings. The average molecular weight is 231 g/mol. The number of hydrogen-bond donors (Lipinski definition) is 2. The number of phenols is 1. The summed E-state index contributed by atoms with van der Waals surface area (Å²) in [7, 11) is 0. The fraction of sp³-hybridized carbons (Fsp3) is 0.333. The van der Waals surface area contributed by atoms with Gasteiger partial charge in [0.15, 0.2) is 0 Å². The summed E-state index contributed by atoms with van der Waals surface area (Å²) in [6, 6.07) is 6.78. The topological polar surface area (TPSA) is 71.2 Å². The highest BCUT2D eigenvalue weighted by Crippen LogP contribution is 2.24. The molecular formula is C12H13N3O2. The van der Waals surface area contributed by atoms with E-state index in [4.69, 9.17) is 4.52 Å². The first kappa shape index (κ1) is 10.3. The van der Waals surface area contributed by atoms with Gasteiger partial charge < -0.3 is 14.9 Å². The zero-order chi connectivity index (χ0) is 11.7. The van der Waals surface area contributed by atoms with Crippen LogP contribution in [0.4, 0.5) is 0 Å². The Morgan fingerprint density at radius 3 is 2.82 bits per heavy atom. The first-order valence-corrected chi connectivity index (χ1v) is 5.66. The number of aromatic hydroxyl groups is 1. The molecule has 1 aromatic carbocycles. The SMILES string of the molecule is Oc1ccc(-c2noc(C3CCNC3)n2)cc1. The van der Waals surface area contributed by atoms with Crippen LogP contribution in [0.2, 0.25) is 0 Å². The van der Waals surface area contributed by atoms with Gasteiger partial charge in [0.2, 0.25) is 11.7 Å². The molecule has 1 saturated heterocycles. The molecule has 2 heterocycles. The van der Waals surface area contributed by atoms with E-state index < -0.39 is 0 Å². The molecule has 2 N–H and O–H groups in total. The molecule has 0 aliphatic carbocycles. The second kappa shape index (κ2) is 4.18. The van der Waals surface area contributed by atoms with Crippen molar-refractivity contribution >= 4 is 0 Å². The molecule has 1 aromatic heterocycles. The third kappa shape index (κ3) is 2.01. The highest BCUT2D eigenvalue weighted by Gasteiger charge is 2.22. The van der Waals surface area contributed by atoms with Gasteiger partial charge >= 0.3 is 0 Å². The number of rotatable bonds is 2. The van der Waals surface area contributed by atoms with Crippen LogP contribution in [0.1, 0.15) is 18.2 Å². The molecule has 1 unspecified atom stereocenters. The summed E-state index contributed by atoms with van der Waals surface area (Å²) in [5, 5.41) is 16.4. The number of nitrogens with zero attached hydrogens (tertiary/aromatic N) is 2. The highest BCUT2D eigenvalue weighted by molar-refractivity contribution is 5.55. The molecule has 0 bridgehead atoms. The van der Waals surface area contributed by atoms with Crippen LogP contribution in [-0.2, 0) is 0 Å². The molecule has 2 aromatic rings. The van der Waals surface area contributed by atoms with Crippen LogP contribution >= 0.6 is 0 Å². The minimum Gasteiger partial charge on any atom is -0.508 e. The first-order valence-electron chi connectivity index (χ1n) is 5.66. The molecule has 3 rings (SSSR count). The minimum atomic E-state index is 0.234. The Kier molecular flexibility index (Phi) is 2.53. The molecule has 5 heteroatoms. The third-order valence-electron chi connectivity index (χ3n) is 2.98. The number of hydrogen-bond acceptors (Lipinski definition) is 5. The van der Waals surface area contributed by atoms with Crippen molar-refractivity contribution < 1.29 is 9.63 Å². The Bertz CT molecular complexity index is 501. The summed E-state index contributed by atoms with van der Waals surface area (Å²) in [4.78, 5) is 4.39. The number of benzene rings is 1. The van der Waals surface area contributed by atoms with E-state index in [0.717, 1.165) is 25.1 Å². The molecule has 5 nitrogen and oxygen atoms in total. The maximum Gasteiger partial charge on any atom is 0.231 e. The molecule has 17 heavy (non-hydrogen) atoms. The van der Waals surface area contributed by atoms with Crippen LogP contribution in [-0.4, -0.2) is 28.3 Å². The van der Waals surface area contributed by atoms with Gasteiger partial charge in [-0.05, 0) is 37.2 Å². The standard InChI is InChI=1S/C12H13N3O2/c16-10-3-1-8(2-4-10)11-14-12(17-15-11)9-5-6-13-7-9/h1-4,9,13,16H,5-7H2. The van der Waals surface area contributed by atoms with Gasteiger partial charge in [0.25, 0.3) is 0 Å². The normalized spacial score (nSPS) is 19.6. The van der Waals surface area contributed by atoms with E-state index in [-0.39, 0.29) is 5.75 Å². The van der Waals surface area contributed by atoms with Gasteiger partial charge in [0.1, 0.15) is 5.75 Å². The van der Waals surface area contributed by atoms with E-state index in [2.05, 4.69) is 15.5 Å². The molecule has 0 spiro atoms. The van der Waals surface area contributed by atoms with Crippen molar-refractivity contribution in [3.8, 4) is 17.1 Å². The fourth-order valence-electron chi connectivity index (χ4n) is 1.99. The van der Waals surface area contributed by atoms with Gasteiger partial charge in [-0.3, -0.25) is 0 Å². The molecular weight excluding hydrogens is 218 g/mol. The van der Waals surface area contributed by atoms with E-state index in [1.165, 1.54) is 0 Å². The van der Waals surface area contributed by atoms with Gasteiger partial charge in [0, 0.05) is 12.1 Å². The Morgan fingerprint density at radius 1 is 1.29 bits per heavy atom. The van der Waals surface area contributed by atoms with Crippen LogP contribution in [0.25, 0.3) is 11.4 Å². The summed E-state index contributed by atoms with van der Waals surface area (Å²) < 4.78 is 5.27. The second-order valence-corrected chi connectivity index (χ2v) is 4.19. The number of aromatic nitrogens is 2. The van der Waals surface area contributed by atoms with Crippen LogP contribution in [0, 0.1) is 0 Å². The number of nitrogens with one attached hydrogen (secondary N) is 1. The zero-order valence-corrected chi connectivity index (χ0v) is 9.26. The molecule has 0 saturated carbocycles. The summed E-state index contributed by atoms with van der Waals surface area (Å²) in [6.45, 7) is 1.90. The van der Waals surface area contributed by atoms with Crippen molar-refractivity contribution in [3.05, 3.63) is 30.2 Å². The second-order valence-electron chi connectivity index (χ2n) is 4.19. The lowest BCUT2D eigenvalue weighted by atomic mass is 10.1. The van der Waals surface area contributed by atoms with Crippen molar-refractivity contribution in [3.63, 3.8) is 0 Å². The molecule has 1 atom stereocenters. The summed E-state index contributed by atoms with van der Waals surface area (Å²) in [6.07, 6.45) is 1.04. The molecule has 88 valence electrons. The van der Waals surface area contributed by atoms with E-state index in [9.17, 15) is 5.11 Å². The predicted octanol–water partition coefficient (Wildman–Crippen LogP) is 1.52. The summed E-state index contributed by atoms with van der Waals surface area (Å²) >= 11 is 0. The van der Waals surface area contributed by atoms with Crippen LogP contribution in [0.15, 0.2) is 28.8 Å². The van der Waals surface area contributed by atoms with Crippen LogP contribution in [0.3, 0.4) is 0 Å². The largest absolute Gasteiger partial charge is 0.508 e. The lowest BCUT2D eigenvalue weighted by Crippen LogP contribution is -2.08. The quantitative estimate of drug-likeness (QED) is 0.820. The third-order valence-corrected chi connectivity index (χ3v) is 2.98. The van der Waals surface area contributed by atoms with E-state index in [0.29, 0.717) is 17.6 Å². The van der Waals surface area contributed by atoms with E-state index in [1.54, 1.807) is 24.3 Å². The lowest BCUT2D eigenvalue weighted by molar-refractivity contribution is 0.359. The monoisotopic (exact) mass is 231 g/mol. The van der Waals surface area contributed by atoms with Crippen molar-refractivity contribution in [1.29, 1.82) is 0 Å². The fourth-order valence-corrected chi connectivity index (χ4v) is 1.99. The molecule has 1 aliphatic rings. The van der Waals surface area contributed by atoms with E-state index in [1.807, 2.05) is 0 Å². The maximum atomic E-state index is 9.21.